The molecule has 0 radical (unpaired) electrons. The van der Waals surface area contributed by atoms with Crippen molar-refractivity contribution < 1.29 is 9.59 Å². The van der Waals surface area contributed by atoms with E-state index in [1.54, 1.807) is 4.90 Å². The van der Waals surface area contributed by atoms with Crippen LogP contribution in [0.3, 0.4) is 0 Å². The monoisotopic (exact) mass is 324 g/mol. The van der Waals surface area contributed by atoms with Gasteiger partial charge in [-0.25, -0.2) is 0 Å². The van der Waals surface area contributed by atoms with E-state index < -0.39 is 5.41 Å². The number of nitrogens with zero attached hydrogens (tertiary/aromatic N) is 1. The Bertz CT molecular complexity index is 771. The van der Waals surface area contributed by atoms with Crippen LogP contribution in [0, 0.1) is 5.41 Å². The van der Waals surface area contributed by atoms with Crippen LogP contribution in [0.2, 0.25) is 0 Å². The molecule has 0 spiro atoms. The minimum absolute atomic E-state index is 0.00719. The van der Waals surface area contributed by atoms with Gasteiger partial charge in [-0.3, -0.25) is 9.59 Å². The number of carbonyl (C=O) groups is 2. The zero-order valence-corrected chi connectivity index (χ0v) is 14.3. The molecule has 3 rings (SSSR count). The lowest BCUT2D eigenvalue weighted by atomic mass is 9.88. The third-order valence-corrected chi connectivity index (χ3v) is 4.84. The SMILES string of the molecule is CCCNC(=O)C1(C)CCN(C(=O)c2ccc3ccccc3c2)C1. The fourth-order valence-electron chi connectivity index (χ4n) is 3.28. The first-order valence-electron chi connectivity index (χ1n) is 8.60. The topological polar surface area (TPSA) is 49.4 Å². The van der Waals surface area contributed by atoms with Gasteiger partial charge in [0.1, 0.15) is 0 Å². The number of likely N-dealkylation sites (tertiary alicyclic amines) is 1. The summed E-state index contributed by atoms with van der Waals surface area (Å²) in [7, 11) is 0. The molecule has 24 heavy (non-hydrogen) atoms. The Morgan fingerprint density at radius 2 is 1.92 bits per heavy atom. The molecule has 0 aromatic heterocycles. The minimum atomic E-state index is -0.484. The molecule has 0 bridgehead atoms. The Labute approximate surface area is 142 Å². The molecule has 1 aliphatic rings. The van der Waals surface area contributed by atoms with Crippen LogP contribution in [0.5, 0.6) is 0 Å². The van der Waals surface area contributed by atoms with Crippen molar-refractivity contribution in [1.82, 2.24) is 10.2 Å². The van der Waals surface area contributed by atoms with Crippen LogP contribution < -0.4 is 5.32 Å². The van der Waals surface area contributed by atoms with Crippen LogP contribution in [0.4, 0.5) is 0 Å². The van der Waals surface area contributed by atoms with E-state index in [4.69, 9.17) is 0 Å². The summed E-state index contributed by atoms with van der Waals surface area (Å²) in [6.45, 7) is 5.78. The van der Waals surface area contributed by atoms with Gasteiger partial charge in [0.15, 0.2) is 0 Å². The normalized spacial score (nSPS) is 20.3. The third-order valence-electron chi connectivity index (χ3n) is 4.84. The van der Waals surface area contributed by atoms with E-state index in [1.807, 2.05) is 56.3 Å². The Hall–Kier alpha value is -2.36. The zero-order chi connectivity index (χ0) is 17.2. The molecule has 2 amide bonds. The Kier molecular flexibility index (Phi) is 4.56. The molecule has 0 aliphatic carbocycles. The van der Waals surface area contributed by atoms with Gasteiger partial charge in [-0.1, -0.05) is 37.3 Å². The summed E-state index contributed by atoms with van der Waals surface area (Å²) in [5.74, 6) is 0.0610. The summed E-state index contributed by atoms with van der Waals surface area (Å²) in [6.07, 6.45) is 1.63. The average Bonchev–Trinajstić information content (AvgIpc) is 3.02. The van der Waals surface area contributed by atoms with Crippen LogP contribution >= 0.6 is 0 Å². The number of benzene rings is 2. The van der Waals surface area contributed by atoms with Crippen molar-refractivity contribution in [3.8, 4) is 0 Å². The summed E-state index contributed by atoms with van der Waals surface area (Å²) in [5.41, 5.74) is 0.203. The van der Waals surface area contributed by atoms with E-state index in [0.717, 1.165) is 17.2 Å². The highest BCUT2D eigenvalue weighted by Crippen LogP contribution is 2.31. The van der Waals surface area contributed by atoms with Crippen molar-refractivity contribution in [3.63, 3.8) is 0 Å². The van der Waals surface area contributed by atoms with Crippen LogP contribution in [0.15, 0.2) is 42.5 Å². The van der Waals surface area contributed by atoms with Crippen molar-refractivity contribution in [2.75, 3.05) is 19.6 Å². The second kappa shape index (κ2) is 6.63. The van der Waals surface area contributed by atoms with Gasteiger partial charge in [0, 0.05) is 25.2 Å². The van der Waals surface area contributed by atoms with Crippen molar-refractivity contribution >= 4 is 22.6 Å². The quantitative estimate of drug-likeness (QED) is 0.939. The van der Waals surface area contributed by atoms with Crippen molar-refractivity contribution in [2.45, 2.75) is 26.7 Å². The molecular formula is C20H24N2O2. The van der Waals surface area contributed by atoms with Crippen LogP contribution in [0.1, 0.15) is 37.0 Å². The lowest BCUT2D eigenvalue weighted by Gasteiger charge is -2.23. The summed E-state index contributed by atoms with van der Waals surface area (Å²) < 4.78 is 0. The smallest absolute Gasteiger partial charge is 0.253 e. The van der Waals surface area contributed by atoms with Gasteiger partial charge >= 0.3 is 0 Å². The first kappa shape index (κ1) is 16.5. The summed E-state index contributed by atoms with van der Waals surface area (Å²) >= 11 is 0. The van der Waals surface area contributed by atoms with Crippen molar-refractivity contribution in [3.05, 3.63) is 48.0 Å². The van der Waals surface area contributed by atoms with E-state index in [0.29, 0.717) is 31.6 Å². The van der Waals surface area contributed by atoms with Crippen LogP contribution in [-0.2, 0) is 4.79 Å². The molecule has 4 nitrogen and oxygen atoms in total. The molecule has 1 aliphatic heterocycles. The van der Waals surface area contributed by atoms with Crippen LogP contribution in [-0.4, -0.2) is 36.3 Å². The molecular weight excluding hydrogens is 300 g/mol. The lowest BCUT2D eigenvalue weighted by molar-refractivity contribution is -0.129. The fraction of sp³-hybridized carbons (Fsp3) is 0.400. The van der Waals surface area contributed by atoms with Crippen LogP contribution in [0.25, 0.3) is 10.8 Å². The van der Waals surface area contributed by atoms with E-state index in [-0.39, 0.29) is 11.8 Å². The maximum atomic E-state index is 12.8. The highest BCUT2D eigenvalue weighted by molar-refractivity contribution is 5.99. The predicted molar refractivity (Wildman–Crippen MR) is 95.9 cm³/mol. The van der Waals surface area contributed by atoms with Gasteiger partial charge in [-0.05, 0) is 42.7 Å². The standard InChI is InChI=1S/C20H24N2O2/c1-3-11-21-19(24)20(2)10-12-22(14-20)18(23)17-9-8-15-6-4-5-7-16(15)13-17/h4-9,13H,3,10-12,14H2,1-2H3,(H,21,24). The molecule has 1 saturated heterocycles. The second-order valence-electron chi connectivity index (χ2n) is 6.86. The molecule has 126 valence electrons. The van der Waals surface area contributed by atoms with E-state index in [1.165, 1.54) is 0 Å². The molecule has 2 aromatic rings. The van der Waals surface area contributed by atoms with Crippen molar-refractivity contribution in [2.24, 2.45) is 5.41 Å². The van der Waals surface area contributed by atoms with E-state index >= 15 is 0 Å². The number of carbonyl (C=O) groups excluding carboxylic acids is 2. The molecule has 0 saturated carbocycles. The maximum absolute atomic E-state index is 12.8. The van der Waals surface area contributed by atoms with Gasteiger partial charge in [0.25, 0.3) is 5.91 Å². The molecule has 1 atom stereocenters. The number of fused-ring (bicyclic) bond motifs is 1. The van der Waals surface area contributed by atoms with Crippen molar-refractivity contribution in [1.29, 1.82) is 0 Å². The third kappa shape index (κ3) is 3.14. The molecule has 4 heteroatoms. The largest absolute Gasteiger partial charge is 0.356 e. The molecule has 1 unspecified atom stereocenters. The number of nitrogens with one attached hydrogen (secondary N) is 1. The maximum Gasteiger partial charge on any atom is 0.253 e. The highest BCUT2D eigenvalue weighted by atomic mass is 16.2. The minimum Gasteiger partial charge on any atom is -0.356 e. The van der Waals surface area contributed by atoms with Gasteiger partial charge in [-0.2, -0.15) is 0 Å². The zero-order valence-electron chi connectivity index (χ0n) is 14.3. The number of hydrogen-bond acceptors (Lipinski definition) is 2. The summed E-state index contributed by atoms with van der Waals surface area (Å²) in [6, 6.07) is 13.8. The Morgan fingerprint density at radius 1 is 1.17 bits per heavy atom. The Morgan fingerprint density at radius 3 is 2.67 bits per heavy atom. The second-order valence-corrected chi connectivity index (χ2v) is 6.86. The number of rotatable bonds is 4. The first-order chi connectivity index (χ1) is 11.5. The lowest BCUT2D eigenvalue weighted by Crippen LogP contribution is -2.42. The predicted octanol–water partition coefficient (Wildman–Crippen LogP) is 3.22. The summed E-state index contributed by atoms with van der Waals surface area (Å²) in [5, 5.41) is 5.15. The van der Waals surface area contributed by atoms with Gasteiger partial charge in [0.2, 0.25) is 5.91 Å². The average molecular weight is 324 g/mol. The fourth-order valence-corrected chi connectivity index (χ4v) is 3.28. The van der Waals surface area contributed by atoms with E-state index in [2.05, 4.69) is 5.32 Å². The first-order valence-corrected chi connectivity index (χ1v) is 8.60. The molecule has 1 heterocycles. The molecule has 1 N–H and O–H groups in total. The number of hydrogen-bond donors (Lipinski definition) is 1. The Balaban J connectivity index is 1.74. The van der Waals surface area contributed by atoms with E-state index in [9.17, 15) is 9.59 Å². The molecule has 1 fully saturated rings. The van der Waals surface area contributed by atoms with Gasteiger partial charge in [0.05, 0.1) is 5.41 Å². The highest BCUT2D eigenvalue weighted by Gasteiger charge is 2.41. The molecule has 2 aromatic carbocycles. The summed E-state index contributed by atoms with van der Waals surface area (Å²) in [4.78, 5) is 27.0. The van der Waals surface area contributed by atoms with Gasteiger partial charge < -0.3 is 10.2 Å². The number of amides is 2. The van der Waals surface area contributed by atoms with Gasteiger partial charge in [-0.15, -0.1) is 0 Å².